The third kappa shape index (κ3) is 2.49. The van der Waals surface area contributed by atoms with Crippen LogP contribution in [-0.2, 0) is 0 Å². The van der Waals surface area contributed by atoms with E-state index in [-0.39, 0.29) is 5.69 Å². The molecule has 94 valence electrons. The minimum Gasteiger partial charge on any atom is -0.395 e. The van der Waals surface area contributed by atoms with Crippen molar-refractivity contribution in [1.29, 1.82) is 0 Å². The Labute approximate surface area is 117 Å². The highest BCUT2D eigenvalue weighted by Crippen LogP contribution is 2.26. The lowest BCUT2D eigenvalue weighted by Gasteiger charge is -2.06. The average molecular weight is 330 g/mol. The summed E-state index contributed by atoms with van der Waals surface area (Å²) in [6.07, 6.45) is 0. The zero-order chi connectivity index (χ0) is 13.3. The number of aromatic nitrogens is 2. The number of hydrogen-bond donors (Lipinski definition) is 3. The van der Waals surface area contributed by atoms with Gasteiger partial charge in [0, 0.05) is 4.47 Å². The number of amides is 1. The highest BCUT2D eigenvalue weighted by molar-refractivity contribution is 9.10. The molecule has 0 atom stereocenters. The minimum absolute atomic E-state index is 0.156. The van der Waals surface area contributed by atoms with Crippen molar-refractivity contribution >= 4 is 44.8 Å². The van der Waals surface area contributed by atoms with Gasteiger partial charge in [0.15, 0.2) is 5.69 Å². The molecule has 0 unspecified atom stereocenters. The van der Waals surface area contributed by atoms with E-state index >= 15 is 0 Å². The fourth-order valence-corrected chi connectivity index (χ4v) is 1.91. The van der Waals surface area contributed by atoms with Gasteiger partial charge in [-0.1, -0.05) is 27.5 Å². The van der Waals surface area contributed by atoms with Crippen molar-refractivity contribution in [2.75, 3.05) is 11.1 Å². The predicted octanol–water partition coefficient (Wildman–Crippen LogP) is 2.97. The highest BCUT2D eigenvalue weighted by Gasteiger charge is 2.16. The maximum Gasteiger partial charge on any atom is 0.278 e. The number of aromatic amines is 1. The van der Waals surface area contributed by atoms with Crippen molar-refractivity contribution in [2.45, 2.75) is 6.92 Å². The Morgan fingerprint density at radius 2 is 2.28 bits per heavy atom. The zero-order valence-electron chi connectivity index (χ0n) is 9.42. The van der Waals surface area contributed by atoms with Crippen LogP contribution >= 0.6 is 27.5 Å². The monoisotopic (exact) mass is 328 g/mol. The molecule has 5 nitrogen and oxygen atoms in total. The van der Waals surface area contributed by atoms with Crippen molar-refractivity contribution in [3.05, 3.63) is 39.1 Å². The van der Waals surface area contributed by atoms with Gasteiger partial charge in [-0.15, -0.1) is 0 Å². The van der Waals surface area contributed by atoms with E-state index in [2.05, 4.69) is 31.4 Å². The Morgan fingerprint density at radius 3 is 2.89 bits per heavy atom. The van der Waals surface area contributed by atoms with E-state index in [1.54, 1.807) is 25.1 Å². The molecule has 0 aliphatic heterocycles. The molecule has 0 saturated heterocycles. The lowest BCUT2D eigenvalue weighted by Crippen LogP contribution is -2.14. The first-order chi connectivity index (χ1) is 8.49. The summed E-state index contributed by atoms with van der Waals surface area (Å²) in [5.41, 5.74) is 7.37. The Kier molecular flexibility index (Phi) is 3.58. The number of nitrogen functional groups attached to an aromatic ring is 1. The molecule has 0 saturated carbocycles. The maximum atomic E-state index is 12.0. The van der Waals surface area contributed by atoms with Crippen LogP contribution in [-0.4, -0.2) is 16.1 Å². The summed E-state index contributed by atoms with van der Waals surface area (Å²) in [6.45, 7) is 1.74. The topological polar surface area (TPSA) is 83.8 Å². The molecule has 1 aromatic carbocycles. The summed E-state index contributed by atoms with van der Waals surface area (Å²) in [7, 11) is 0. The fraction of sp³-hybridized carbons (Fsp3) is 0.0909. The second-order valence-corrected chi connectivity index (χ2v) is 5.01. The maximum absolute atomic E-state index is 12.0. The van der Waals surface area contributed by atoms with Gasteiger partial charge in [0.05, 0.1) is 22.1 Å². The molecule has 1 amide bonds. The van der Waals surface area contributed by atoms with E-state index in [1.165, 1.54) is 0 Å². The number of halogens is 2. The van der Waals surface area contributed by atoms with Crippen LogP contribution in [0.25, 0.3) is 0 Å². The van der Waals surface area contributed by atoms with Crippen LogP contribution < -0.4 is 11.1 Å². The molecule has 1 heterocycles. The summed E-state index contributed by atoms with van der Waals surface area (Å²) in [5, 5.41) is 9.60. The van der Waals surface area contributed by atoms with Gasteiger partial charge in [0.25, 0.3) is 5.91 Å². The van der Waals surface area contributed by atoms with E-state index in [9.17, 15) is 4.79 Å². The number of hydrogen-bond acceptors (Lipinski definition) is 3. The Hall–Kier alpha value is -1.53. The SMILES string of the molecule is Cc1[nH]nc(C(=O)Nc2cc(Br)ccc2Cl)c1N. The van der Waals surface area contributed by atoms with Gasteiger partial charge < -0.3 is 11.1 Å². The first-order valence-corrected chi connectivity index (χ1v) is 6.23. The molecule has 0 aliphatic carbocycles. The van der Waals surface area contributed by atoms with E-state index in [4.69, 9.17) is 17.3 Å². The van der Waals surface area contributed by atoms with Crippen LogP contribution in [0.15, 0.2) is 22.7 Å². The summed E-state index contributed by atoms with van der Waals surface area (Å²) in [5.74, 6) is -0.406. The van der Waals surface area contributed by atoms with Gasteiger partial charge >= 0.3 is 0 Å². The number of aryl methyl sites for hydroxylation is 1. The van der Waals surface area contributed by atoms with Gasteiger partial charge in [0.2, 0.25) is 0 Å². The first-order valence-electron chi connectivity index (χ1n) is 5.06. The highest BCUT2D eigenvalue weighted by atomic mass is 79.9. The summed E-state index contributed by atoms with van der Waals surface area (Å²) in [6, 6.07) is 5.17. The second-order valence-electron chi connectivity index (χ2n) is 3.69. The Bertz CT molecular complexity index is 611. The van der Waals surface area contributed by atoms with Crippen molar-refractivity contribution < 1.29 is 4.79 Å². The van der Waals surface area contributed by atoms with Crippen LogP contribution in [0.3, 0.4) is 0 Å². The van der Waals surface area contributed by atoms with E-state index < -0.39 is 5.91 Å². The molecule has 0 fully saturated rings. The van der Waals surface area contributed by atoms with Crippen molar-refractivity contribution in [3.8, 4) is 0 Å². The second kappa shape index (κ2) is 4.99. The average Bonchev–Trinajstić information content (AvgIpc) is 2.65. The largest absolute Gasteiger partial charge is 0.395 e. The van der Waals surface area contributed by atoms with Crippen LogP contribution in [0.2, 0.25) is 5.02 Å². The molecule has 0 aliphatic rings. The van der Waals surface area contributed by atoms with Crippen molar-refractivity contribution in [3.63, 3.8) is 0 Å². The molecule has 1 aromatic heterocycles. The lowest BCUT2D eigenvalue weighted by atomic mass is 10.2. The van der Waals surface area contributed by atoms with Crippen LogP contribution in [0, 0.1) is 6.92 Å². The van der Waals surface area contributed by atoms with Crippen LogP contribution in [0.1, 0.15) is 16.2 Å². The summed E-state index contributed by atoms with van der Waals surface area (Å²) < 4.78 is 0.813. The van der Waals surface area contributed by atoms with Gasteiger partial charge in [-0.3, -0.25) is 9.89 Å². The standard InChI is InChI=1S/C11H10BrClN4O/c1-5-9(14)10(17-16-5)11(18)15-8-4-6(12)2-3-7(8)13/h2-4H,14H2,1H3,(H,15,18)(H,16,17). The molecule has 0 radical (unpaired) electrons. The number of rotatable bonds is 2. The number of H-pyrrole nitrogens is 1. The van der Waals surface area contributed by atoms with Gasteiger partial charge in [-0.05, 0) is 25.1 Å². The van der Waals surface area contributed by atoms with Crippen molar-refractivity contribution in [2.24, 2.45) is 0 Å². The molecule has 4 N–H and O–H groups in total. The summed E-state index contributed by atoms with van der Waals surface area (Å²) >= 11 is 9.28. The quantitative estimate of drug-likeness (QED) is 0.792. The lowest BCUT2D eigenvalue weighted by molar-refractivity contribution is 0.102. The van der Waals surface area contributed by atoms with Gasteiger partial charge in [-0.25, -0.2) is 0 Å². The number of anilines is 2. The molecule has 0 spiro atoms. The smallest absolute Gasteiger partial charge is 0.278 e. The molecule has 18 heavy (non-hydrogen) atoms. The normalized spacial score (nSPS) is 10.4. The first kappa shape index (κ1) is 12.9. The summed E-state index contributed by atoms with van der Waals surface area (Å²) in [4.78, 5) is 12.0. The molecule has 2 rings (SSSR count). The Morgan fingerprint density at radius 1 is 1.56 bits per heavy atom. The van der Waals surface area contributed by atoms with E-state index in [1.807, 2.05) is 0 Å². The number of benzene rings is 1. The molecular formula is C11H10BrClN4O. The molecule has 7 heteroatoms. The van der Waals surface area contributed by atoms with Crippen molar-refractivity contribution in [1.82, 2.24) is 10.2 Å². The fourth-order valence-electron chi connectivity index (χ4n) is 1.39. The van der Waals surface area contributed by atoms with Crippen LogP contribution in [0.4, 0.5) is 11.4 Å². The number of nitrogens with two attached hydrogens (primary N) is 1. The minimum atomic E-state index is -0.406. The van der Waals surface area contributed by atoms with Gasteiger partial charge in [0.1, 0.15) is 0 Å². The van der Waals surface area contributed by atoms with E-state index in [0.717, 1.165) is 4.47 Å². The zero-order valence-corrected chi connectivity index (χ0v) is 11.8. The third-order valence-corrected chi connectivity index (χ3v) is 3.21. The van der Waals surface area contributed by atoms with Gasteiger partial charge in [-0.2, -0.15) is 5.10 Å². The number of nitrogens with one attached hydrogen (secondary N) is 2. The number of carbonyl (C=O) groups is 1. The molecule has 2 aromatic rings. The Balaban J connectivity index is 2.27. The third-order valence-electron chi connectivity index (χ3n) is 2.39. The molecule has 0 bridgehead atoms. The number of nitrogens with zero attached hydrogens (tertiary/aromatic N) is 1. The van der Waals surface area contributed by atoms with E-state index in [0.29, 0.717) is 22.1 Å². The molecular weight excluding hydrogens is 320 g/mol. The predicted molar refractivity (Wildman–Crippen MR) is 74.8 cm³/mol. The number of carbonyl (C=O) groups excluding carboxylic acids is 1. The van der Waals surface area contributed by atoms with Crippen LogP contribution in [0.5, 0.6) is 0 Å².